The molecule has 1 aromatic rings. The smallest absolute Gasteiger partial charge is 0.0768 e. The van der Waals surface area contributed by atoms with Crippen molar-refractivity contribution in [1.82, 2.24) is 4.90 Å². The van der Waals surface area contributed by atoms with Gasteiger partial charge in [-0.05, 0) is 18.4 Å². The summed E-state index contributed by atoms with van der Waals surface area (Å²) in [5.41, 5.74) is 0.467. The zero-order valence-corrected chi connectivity index (χ0v) is 11.6. The van der Waals surface area contributed by atoms with Crippen LogP contribution in [-0.4, -0.2) is 40.4 Å². The number of nitrogens with zero attached hydrogens (tertiary/aromatic N) is 1. The fourth-order valence-corrected chi connectivity index (χ4v) is 1.83. The maximum absolute atomic E-state index is 10.3. The van der Waals surface area contributed by atoms with Crippen molar-refractivity contribution in [2.24, 2.45) is 5.92 Å². The molecule has 18 heavy (non-hydrogen) atoms. The molecule has 0 saturated heterocycles. The van der Waals surface area contributed by atoms with Crippen LogP contribution < -0.4 is 0 Å². The highest BCUT2D eigenvalue weighted by atomic mass is 16.3. The minimum Gasteiger partial charge on any atom is -0.395 e. The van der Waals surface area contributed by atoms with Crippen molar-refractivity contribution in [2.75, 3.05) is 19.7 Å². The molecule has 0 heterocycles. The lowest BCUT2D eigenvalue weighted by Gasteiger charge is -2.34. The number of hydrogen-bond acceptors (Lipinski definition) is 3. The van der Waals surface area contributed by atoms with Crippen LogP contribution in [0.15, 0.2) is 30.3 Å². The summed E-state index contributed by atoms with van der Waals surface area (Å²) >= 11 is 0. The Labute approximate surface area is 110 Å². The number of hydrogen-bond donors (Lipinski definition) is 2. The van der Waals surface area contributed by atoms with E-state index in [2.05, 4.69) is 17.0 Å². The third-order valence-electron chi connectivity index (χ3n) is 3.45. The summed E-state index contributed by atoms with van der Waals surface area (Å²) in [5, 5.41) is 19.5. The molecule has 1 aromatic carbocycles. The Kier molecular flexibility index (Phi) is 5.79. The molecule has 102 valence electrons. The van der Waals surface area contributed by atoms with Crippen molar-refractivity contribution in [1.29, 1.82) is 0 Å². The summed E-state index contributed by atoms with van der Waals surface area (Å²) in [6, 6.07) is 10.1. The van der Waals surface area contributed by atoms with Gasteiger partial charge >= 0.3 is 0 Å². The molecule has 0 aromatic heterocycles. The molecule has 0 fully saturated rings. The summed E-state index contributed by atoms with van der Waals surface area (Å²) in [5.74, 6) is 0.189. The maximum Gasteiger partial charge on any atom is 0.0768 e. The summed E-state index contributed by atoms with van der Waals surface area (Å²) in [4.78, 5) is 2.09. The molecule has 0 aliphatic heterocycles. The molecule has 0 saturated carbocycles. The van der Waals surface area contributed by atoms with E-state index in [0.717, 1.165) is 6.54 Å². The molecule has 1 rings (SSSR count). The van der Waals surface area contributed by atoms with Crippen LogP contribution in [0.25, 0.3) is 0 Å². The Morgan fingerprint density at radius 1 is 1.22 bits per heavy atom. The largest absolute Gasteiger partial charge is 0.395 e. The Hall–Kier alpha value is -0.900. The highest BCUT2D eigenvalue weighted by Gasteiger charge is 2.27. The van der Waals surface area contributed by atoms with Gasteiger partial charge in [0, 0.05) is 19.6 Å². The topological polar surface area (TPSA) is 43.7 Å². The first-order valence-corrected chi connectivity index (χ1v) is 6.55. The van der Waals surface area contributed by atoms with Crippen molar-refractivity contribution in [3.8, 4) is 0 Å². The maximum atomic E-state index is 10.3. The second-order valence-electron chi connectivity index (χ2n) is 5.43. The molecule has 0 spiro atoms. The van der Waals surface area contributed by atoms with Crippen LogP contribution in [0.1, 0.15) is 26.3 Å². The van der Waals surface area contributed by atoms with Gasteiger partial charge in [-0.1, -0.05) is 44.2 Å². The molecule has 2 N–H and O–H groups in total. The second-order valence-corrected chi connectivity index (χ2v) is 5.43. The van der Waals surface area contributed by atoms with E-state index in [1.54, 1.807) is 0 Å². The quantitative estimate of drug-likeness (QED) is 0.778. The van der Waals surface area contributed by atoms with Gasteiger partial charge in [-0.25, -0.2) is 0 Å². The van der Waals surface area contributed by atoms with Gasteiger partial charge in [-0.15, -0.1) is 0 Å². The van der Waals surface area contributed by atoms with E-state index in [-0.39, 0.29) is 12.5 Å². The van der Waals surface area contributed by atoms with E-state index < -0.39 is 5.60 Å². The Morgan fingerprint density at radius 3 is 2.33 bits per heavy atom. The van der Waals surface area contributed by atoms with Crippen LogP contribution in [-0.2, 0) is 6.54 Å². The summed E-state index contributed by atoms with van der Waals surface area (Å²) in [6.07, 6.45) is 0. The lowest BCUT2D eigenvalue weighted by Crippen LogP contribution is -2.45. The van der Waals surface area contributed by atoms with Crippen LogP contribution in [0, 0.1) is 5.92 Å². The first-order valence-electron chi connectivity index (χ1n) is 6.55. The van der Waals surface area contributed by atoms with Gasteiger partial charge in [0.2, 0.25) is 0 Å². The molecule has 3 heteroatoms. The summed E-state index contributed by atoms with van der Waals surface area (Å²) in [7, 11) is 0. The van der Waals surface area contributed by atoms with E-state index in [4.69, 9.17) is 5.11 Å². The highest BCUT2D eigenvalue weighted by molar-refractivity contribution is 5.14. The van der Waals surface area contributed by atoms with Crippen LogP contribution in [0.5, 0.6) is 0 Å². The summed E-state index contributed by atoms with van der Waals surface area (Å²) < 4.78 is 0. The molecule has 0 aliphatic carbocycles. The Balaban J connectivity index is 2.66. The van der Waals surface area contributed by atoms with Gasteiger partial charge in [-0.3, -0.25) is 4.90 Å². The molecular formula is C15H25NO2. The van der Waals surface area contributed by atoms with Gasteiger partial charge in [0.25, 0.3) is 0 Å². The van der Waals surface area contributed by atoms with E-state index in [0.29, 0.717) is 13.1 Å². The van der Waals surface area contributed by atoms with E-state index in [1.807, 2.05) is 39.0 Å². The first-order chi connectivity index (χ1) is 8.45. The third-order valence-corrected chi connectivity index (χ3v) is 3.45. The van der Waals surface area contributed by atoms with E-state index in [9.17, 15) is 5.11 Å². The lowest BCUT2D eigenvalue weighted by atomic mass is 9.92. The fraction of sp³-hybridized carbons (Fsp3) is 0.600. The standard InChI is InChI=1S/C15H25NO2/c1-13(2)15(3,18)12-16(9-10-17)11-14-7-5-4-6-8-14/h4-8,13,17-18H,9-12H2,1-3H3. The molecule has 1 unspecified atom stereocenters. The number of rotatable bonds is 7. The number of benzene rings is 1. The SMILES string of the molecule is CC(C)C(C)(O)CN(CCO)Cc1ccccc1. The molecule has 0 bridgehead atoms. The van der Waals surface area contributed by atoms with Crippen molar-refractivity contribution in [2.45, 2.75) is 32.9 Å². The second kappa shape index (κ2) is 6.88. The molecule has 3 nitrogen and oxygen atoms in total. The Bertz CT molecular complexity index is 336. The predicted octanol–water partition coefficient (Wildman–Crippen LogP) is 1.89. The minimum absolute atomic E-state index is 0.112. The van der Waals surface area contributed by atoms with Crippen molar-refractivity contribution in [3.05, 3.63) is 35.9 Å². The molecule has 0 radical (unpaired) electrons. The minimum atomic E-state index is -0.732. The van der Waals surface area contributed by atoms with Gasteiger partial charge < -0.3 is 10.2 Å². The van der Waals surface area contributed by atoms with Gasteiger partial charge in [0.1, 0.15) is 0 Å². The monoisotopic (exact) mass is 251 g/mol. The predicted molar refractivity (Wildman–Crippen MR) is 74.3 cm³/mol. The van der Waals surface area contributed by atoms with E-state index >= 15 is 0 Å². The van der Waals surface area contributed by atoms with Gasteiger partial charge in [-0.2, -0.15) is 0 Å². The zero-order valence-electron chi connectivity index (χ0n) is 11.6. The van der Waals surface area contributed by atoms with E-state index in [1.165, 1.54) is 5.56 Å². The average Bonchev–Trinajstić information content (AvgIpc) is 2.30. The van der Waals surface area contributed by atoms with Crippen LogP contribution in [0.3, 0.4) is 0 Å². The molecule has 0 amide bonds. The average molecular weight is 251 g/mol. The number of aliphatic hydroxyl groups excluding tert-OH is 1. The molecular weight excluding hydrogens is 226 g/mol. The molecule has 0 aliphatic rings. The van der Waals surface area contributed by atoms with Gasteiger partial charge in [0.15, 0.2) is 0 Å². The first kappa shape index (κ1) is 15.2. The lowest BCUT2D eigenvalue weighted by molar-refractivity contribution is -0.0236. The van der Waals surface area contributed by atoms with Crippen molar-refractivity contribution >= 4 is 0 Å². The normalized spacial score (nSPS) is 15.1. The van der Waals surface area contributed by atoms with Crippen LogP contribution >= 0.6 is 0 Å². The fourth-order valence-electron chi connectivity index (χ4n) is 1.83. The van der Waals surface area contributed by atoms with Crippen molar-refractivity contribution < 1.29 is 10.2 Å². The van der Waals surface area contributed by atoms with Crippen molar-refractivity contribution in [3.63, 3.8) is 0 Å². The van der Waals surface area contributed by atoms with Crippen LogP contribution in [0.4, 0.5) is 0 Å². The number of aliphatic hydroxyl groups is 2. The molecule has 1 atom stereocenters. The van der Waals surface area contributed by atoms with Crippen LogP contribution in [0.2, 0.25) is 0 Å². The highest BCUT2D eigenvalue weighted by Crippen LogP contribution is 2.18. The zero-order chi connectivity index (χ0) is 13.6. The Morgan fingerprint density at radius 2 is 1.83 bits per heavy atom. The summed E-state index contributed by atoms with van der Waals surface area (Å²) in [6.45, 7) is 7.90. The van der Waals surface area contributed by atoms with Gasteiger partial charge in [0.05, 0.1) is 12.2 Å². The third kappa shape index (κ3) is 4.77.